The van der Waals surface area contributed by atoms with Crippen molar-refractivity contribution in [3.63, 3.8) is 0 Å². The van der Waals surface area contributed by atoms with Gasteiger partial charge in [0.15, 0.2) is 5.54 Å². The first kappa shape index (κ1) is 19.7. The lowest BCUT2D eigenvalue weighted by molar-refractivity contribution is -0.144. The second-order valence-corrected chi connectivity index (χ2v) is 7.07. The summed E-state index contributed by atoms with van der Waals surface area (Å²) in [6.45, 7) is 14.1. The lowest BCUT2D eigenvalue weighted by Gasteiger charge is -2.29. The lowest BCUT2D eigenvalue weighted by Crippen LogP contribution is -2.57. The highest BCUT2D eigenvalue weighted by molar-refractivity contribution is 5.85. The van der Waals surface area contributed by atoms with Gasteiger partial charge in [0.25, 0.3) is 0 Å². The number of nitrogens with zero attached hydrogens (tertiary/aromatic N) is 2. The van der Waals surface area contributed by atoms with Crippen LogP contribution in [0.15, 0.2) is 0 Å². The lowest BCUT2D eigenvalue weighted by atomic mass is 9.99. The van der Waals surface area contributed by atoms with Crippen LogP contribution in [0, 0.1) is 0 Å². The molecule has 7 nitrogen and oxygen atoms in total. The normalized spacial score (nSPS) is 22.3. The molecule has 1 rings (SSSR count). The average molecular weight is 329 g/mol. The van der Waals surface area contributed by atoms with E-state index in [1.165, 1.54) is 0 Å². The minimum Gasteiger partial charge on any atom is -0.479 e. The summed E-state index contributed by atoms with van der Waals surface area (Å²) in [4.78, 5) is 28.1. The molecule has 1 amide bonds. The van der Waals surface area contributed by atoms with E-state index in [-0.39, 0.29) is 0 Å². The van der Waals surface area contributed by atoms with E-state index in [9.17, 15) is 14.7 Å². The van der Waals surface area contributed by atoms with E-state index in [2.05, 4.69) is 29.0 Å². The molecule has 0 aromatic rings. The first-order valence-electron chi connectivity index (χ1n) is 8.31. The second kappa shape index (κ2) is 7.97. The zero-order valence-corrected chi connectivity index (χ0v) is 15.0. The minimum atomic E-state index is -1.26. The highest BCUT2D eigenvalue weighted by Gasteiger charge is 2.46. The van der Waals surface area contributed by atoms with Crippen molar-refractivity contribution in [1.29, 1.82) is 0 Å². The summed E-state index contributed by atoms with van der Waals surface area (Å²) in [6.07, 6.45) is -0.287. The summed E-state index contributed by atoms with van der Waals surface area (Å²) in [5.41, 5.74) is -1.91. The SMILES string of the molecule is CCN(CC)CCN1CCC(NC(=O)OC(C)(C)C)(C(=O)O)C1. The van der Waals surface area contributed by atoms with Crippen molar-refractivity contribution < 1.29 is 19.4 Å². The van der Waals surface area contributed by atoms with Gasteiger partial charge < -0.3 is 20.1 Å². The Morgan fingerprint density at radius 2 is 1.91 bits per heavy atom. The molecule has 0 aromatic carbocycles. The predicted molar refractivity (Wildman–Crippen MR) is 88.6 cm³/mol. The molecule has 1 heterocycles. The number of amides is 1. The highest BCUT2D eigenvalue weighted by Crippen LogP contribution is 2.22. The van der Waals surface area contributed by atoms with Crippen LogP contribution in [0.4, 0.5) is 4.79 Å². The van der Waals surface area contributed by atoms with Gasteiger partial charge >= 0.3 is 12.1 Å². The number of ether oxygens (including phenoxy) is 1. The Labute approximate surface area is 139 Å². The predicted octanol–water partition coefficient (Wildman–Crippen LogP) is 1.38. The topological polar surface area (TPSA) is 82.1 Å². The fourth-order valence-corrected chi connectivity index (χ4v) is 2.73. The van der Waals surface area contributed by atoms with Crippen LogP contribution in [0.3, 0.4) is 0 Å². The van der Waals surface area contributed by atoms with E-state index in [1.54, 1.807) is 20.8 Å². The highest BCUT2D eigenvalue weighted by atomic mass is 16.6. The Hall–Kier alpha value is -1.34. The van der Waals surface area contributed by atoms with Crippen LogP contribution < -0.4 is 5.32 Å². The van der Waals surface area contributed by atoms with Crippen molar-refractivity contribution in [1.82, 2.24) is 15.1 Å². The number of hydrogen-bond donors (Lipinski definition) is 2. The second-order valence-electron chi connectivity index (χ2n) is 7.07. The molecule has 1 fully saturated rings. The molecule has 134 valence electrons. The monoisotopic (exact) mass is 329 g/mol. The number of carboxylic acid groups (broad SMARTS) is 1. The molecule has 7 heteroatoms. The van der Waals surface area contributed by atoms with Gasteiger partial charge in [-0.2, -0.15) is 0 Å². The molecular formula is C16H31N3O4. The van der Waals surface area contributed by atoms with Gasteiger partial charge in [-0.15, -0.1) is 0 Å². The number of carbonyl (C=O) groups excluding carboxylic acids is 1. The van der Waals surface area contributed by atoms with Crippen LogP contribution in [-0.2, 0) is 9.53 Å². The van der Waals surface area contributed by atoms with E-state index < -0.39 is 23.2 Å². The van der Waals surface area contributed by atoms with E-state index in [0.29, 0.717) is 19.5 Å². The summed E-state index contributed by atoms with van der Waals surface area (Å²) in [5, 5.41) is 12.2. The van der Waals surface area contributed by atoms with Crippen LogP contribution in [0.2, 0.25) is 0 Å². The molecule has 2 N–H and O–H groups in total. The first-order valence-corrected chi connectivity index (χ1v) is 8.31. The van der Waals surface area contributed by atoms with Crippen LogP contribution >= 0.6 is 0 Å². The van der Waals surface area contributed by atoms with E-state index in [1.807, 2.05) is 0 Å². The number of likely N-dealkylation sites (N-methyl/N-ethyl adjacent to an activating group) is 1. The number of carboxylic acids is 1. The van der Waals surface area contributed by atoms with Crippen molar-refractivity contribution >= 4 is 12.1 Å². The van der Waals surface area contributed by atoms with E-state index in [4.69, 9.17) is 4.74 Å². The van der Waals surface area contributed by atoms with Gasteiger partial charge in [0.05, 0.1) is 0 Å². The molecule has 23 heavy (non-hydrogen) atoms. The molecule has 1 saturated heterocycles. The number of rotatable bonds is 7. The van der Waals surface area contributed by atoms with Crippen molar-refractivity contribution in [3.05, 3.63) is 0 Å². The molecule has 1 aliphatic rings. The van der Waals surface area contributed by atoms with Crippen molar-refractivity contribution in [2.75, 3.05) is 39.3 Å². The standard InChI is InChI=1S/C16H31N3O4/c1-6-18(7-2)10-11-19-9-8-16(12-19,13(20)21)17-14(22)23-15(3,4)5/h6-12H2,1-5H3,(H,17,22)(H,20,21). The zero-order chi connectivity index (χ0) is 17.7. The number of nitrogens with one attached hydrogen (secondary N) is 1. The van der Waals surface area contributed by atoms with Crippen LogP contribution in [0.5, 0.6) is 0 Å². The molecule has 1 atom stereocenters. The smallest absolute Gasteiger partial charge is 0.408 e. The molecule has 0 aliphatic carbocycles. The fourth-order valence-electron chi connectivity index (χ4n) is 2.73. The Bertz CT molecular complexity index is 418. The van der Waals surface area contributed by atoms with Crippen molar-refractivity contribution in [2.45, 2.75) is 52.2 Å². The Morgan fingerprint density at radius 3 is 2.39 bits per heavy atom. The van der Waals surface area contributed by atoms with Gasteiger partial charge in [-0.1, -0.05) is 13.8 Å². The van der Waals surface area contributed by atoms with Crippen LogP contribution in [-0.4, -0.2) is 77.4 Å². The largest absolute Gasteiger partial charge is 0.479 e. The third-order valence-corrected chi connectivity index (χ3v) is 4.12. The van der Waals surface area contributed by atoms with Crippen LogP contribution in [0.25, 0.3) is 0 Å². The Morgan fingerprint density at radius 1 is 1.30 bits per heavy atom. The summed E-state index contributed by atoms with van der Waals surface area (Å²) >= 11 is 0. The number of carbonyl (C=O) groups is 2. The fraction of sp³-hybridized carbons (Fsp3) is 0.875. The molecule has 0 aromatic heterocycles. The Balaban J connectivity index is 2.63. The van der Waals surface area contributed by atoms with Gasteiger partial charge in [0, 0.05) is 26.2 Å². The van der Waals surface area contributed by atoms with E-state index in [0.717, 1.165) is 26.2 Å². The van der Waals surface area contributed by atoms with Crippen molar-refractivity contribution in [2.24, 2.45) is 0 Å². The molecule has 1 unspecified atom stereocenters. The van der Waals surface area contributed by atoms with Gasteiger partial charge in [0.1, 0.15) is 5.60 Å². The zero-order valence-electron chi connectivity index (χ0n) is 15.0. The van der Waals surface area contributed by atoms with Gasteiger partial charge in [-0.25, -0.2) is 9.59 Å². The number of hydrogen-bond acceptors (Lipinski definition) is 5. The number of alkyl carbamates (subject to hydrolysis) is 1. The molecule has 0 spiro atoms. The molecule has 0 saturated carbocycles. The number of likely N-dealkylation sites (tertiary alicyclic amines) is 1. The summed E-state index contributed by atoms with van der Waals surface area (Å²) in [6, 6.07) is 0. The van der Waals surface area contributed by atoms with Crippen molar-refractivity contribution in [3.8, 4) is 0 Å². The third kappa shape index (κ3) is 5.99. The van der Waals surface area contributed by atoms with Crippen LogP contribution in [0.1, 0.15) is 41.0 Å². The third-order valence-electron chi connectivity index (χ3n) is 4.12. The van der Waals surface area contributed by atoms with Gasteiger partial charge in [0.2, 0.25) is 0 Å². The quantitative estimate of drug-likeness (QED) is 0.734. The maximum absolute atomic E-state index is 12.0. The molecular weight excluding hydrogens is 298 g/mol. The number of aliphatic carboxylic acids is 1. The first-order chi connectivity index (χ1) is 10.6. The molecule has 0 bridgehead atoms. The minimum absolute atomic E-state index is 0.308. The maximum atomic E-state index is 12.0. The van der Waals surface area contributed by atoms with Gasteiger partial charge in [-0.3, -0.25) is 4.90 Å². The summed E-state index contributed by atoms with van der Waals surface area (Å²) < 4.78 is 5.20. The molecule has 1 aliphatic heterocycles. The summed E-state index contributed by atoms with van der Waals surface area (Å²) in [5.74, 6) is -1.01. The molecule has 0 radical (unpaired) electrons. The maximum Gasteiger partial charge on any atom is 0.408 e. The Kier molecular flexibility index (Phi) is 6.83. The van der Waals surface area contributed by atoms with Gasteiger partial charge in [-0.05, 0) is 40.3 Å². The summed E-state index contributed by atoms with van der Waals surface area (Å²) in [7, 11) is 0. The average Bonchev–Trinajstić information content (AvgIpc) is 2.82. The van der Waals surface area contributed by atoms with E-state index >= 15 is 0 Å².